The largest absolute Gasteiger partial charge is 0.352 e. The molecular weight excluding hydrogens is 262 g/mol. The number of aromatic amines is 1. The first-order chi connectivity index (χ1) is 10.3. The average molecular weight is 283 g/mol. The number of imidazole rings is 1. The number of carbonyl (C=O) groups is 1. The van der Waals surface area contributed by atoms with E-state index >= 15 is 0 Å². The number of hydrogen-bond acceptors (Lipinski definition) is 2. The lowest BCUT2D eigenvalue weighted by molar-refractivity contribution is 0.0954. The fourth-order valence-corrected chi connectivity index (χ4v) is 1.97. The van der Waals surface area contributed by atoms with E-state index in [4.69, 9.17) is 0 Å². The standard InChI is InChI=1S/C17H21N3O/c1-2-3-4-5-14-6-8-15(9-7-14)17(21)19-11-10-16-12-18-13-20-16/h4-9,12-13H,2-3,10-11H2,1H3,(H,18,20)(H,19,21). The second-order valence-electron chi connectivity index (χ2n) is 4.90. The van der Waals surface area contributed by atoms with Gasteiger partial charge in [0.25, 0.3) is 5.91 Å². The molecule has 0 atom stereocenters. The molecule has 0 radical (unpaired) electrons. The van der Waals surface area contributed by atoms with E-state index in [1.54, 1.807) is 12.5 Å². The summed E-state index contributed by atoms with van der Waals surface area (Å²) in [7, 11) is 0. The van der Waals surface area contributed by atoms with Crippen LogP contribution in [0, 0.1) is 0 Å². The van der Waals surface area contributed by atoms with Crippen molar-refractivity contribution in [3.63, 3.8) is 0 Å². The molecule has 0 fully saturated rings. The predicted octanol–water partition coefficient (Wildman–Crippen LogP) is 3.20. The molecule has 1 aromatic carbocycles. The van der Waals surface area contributed by atoms with Gasteiger partial charge in [0.05, 0.1) is 6.33 Å². The second-order valence-corrected chi connectivity index (χ2v) is 4.90. The van der Waals surface area contributed by atoms with Gasteiger partial charge >= 0.3 is 0 Å². The summed E-state index contributed by atoms with van der Waals surface area (Å²) in [6.07, 6.45) is 10.6. The summed E-state index contributed by atoms with van der Waals surface area (Å²) in [6, 6.07) is 7.65. The molecule has 21 heavy (non-hydrogen) atoms. The van der Waals surface area contributed by atoms with Crippen molar-refractivity contribution in [2.45, 2.75) is 26.2 Å². The van der Waals surface area contributed by atoms with Crippen LogP contribution in [0.4, 0.5) is 0 Å². The molecule has 0 bridgehead atoms. The van der Waals surface area contributed by atoms with Crippen LogP contribution in [0.5, 0.6) is 0 Å². The Labute approximate surface area is 125 Å². The van der Waals surface area contributed by atoms with E-state index in [-0.39, 0.29) is 5.91 Å². The summed E-state index contributed by atoms with van der Waals surface area (Å²) in [4.78, 5) is 18.9. The molecule has 1 amide bonds. The first kappa shape index (κ1) is 15.0. The number of benzene rings is 1. The Hall–Kier alpha value is -2.36. The van der Waals surface area contributed by atoms with E-state index in [0.29, 0.717) is 12.1 Å². The summed E-state index contributed by atoms with van der Waals surface area (Å²) in [6.45, 7) is 2.75. The van der Waals surface area contributed by atoms with Gasteiger partial charge in [0, 0.05) is 30.4 Å². The molecular formula is C17H21N3O. The van der Waals surface area contributed by atoms with Crippen LogP contribution in [0.15, 0.2) is 42.9 Å². The highest BCUT2D eigenvalue weighted by Gasteiger charge is 2.04. The fraction of sp³-hybridized carbons (Fsp3) is 0.294. The van der Waals surface area contributed by atoms with Crippen LogP contribution < -0.4 is 5.32 Å². The number of nitrogens with zero attached hydrogens (tertiary/aromatic N) is 1. The normalized spacial score (nSPS) is 10.9. The Kier molecular flexibility index (Phi) is 5.76. The third-order valence-electron chi connectivity index (χ3n) is 3.17. The van der Waals surface area contributed by atoms with Crippen LogP contribution in [0.1, 0.15) is 41.4 Å². The van der Waals surface area contributed by atoms with E-state index in [1.165, 1.54) is 0 Å². The maximum atomic E-state index is 12.0. The fourth-order valence-electron chi connectivity index (χ4n) is 1.97. The Balaban J connectivity index is 1.82. The minimum atomic E-state index is -0.0430. The molecule has 0 spiro atoms. The van der Waals surface area contributed by atoms with Gasteiger partial charge in [0.1, 0.15) is 0 Å². The van der Waals surface area contributed by atoms with E-state index < -0.39 is 0 Å². The molecule has 110 valence electrons. The number of nitrogens with one attached hydrogen (secondary N) is 2. The van der Waals surface area contributed by atoms with Crippen molar-refractivity contribution in [2.75, 3.05) is 6.54 Å². The molecule has 4 heteroatoms. The van der Waals surface area contributed by atoms with Crippen molar-refractivity contribution >= 4 is 12.0 Å². The zero-order chi connectivity index (χ0) is 14.9. The van der Waals surface area contributed by atoms with Crippen molar-refractivity contribution in [2.24, 2.45) is 0 Å². The molecule has 0 aliphatic carbocycles. The smallest absolute Gasteiger partial charge is 0.251 e. The number of rotatable bonds is 7. The summed E-state index contributed by atoms with van der Waals surface area (Å²) in [5.41, 5.74) is 2.83. The van der Waals surface area contributed by atoms with Crippen LogP contribution in [0.25, 0.3) is 6.08 Å². The molecule has 4 nitrogen and oxygen atoms in total. The molecule has 0 saturated heterocycles. The Morgan fingerprint density at radius 3 is 2.81 bits per heavy atom. The second kappa shape index (κ2) is 8.04. The highest BCUT2D eigenvalue weighted by molar-refractivity contribution is 5.94. The van der Waals surface area contributed by atoms with Gasteiger partial charge < -0.3 is 10.3 Å². The minimum Gasteiger partial charge on any atom is -0.352 e. The van der Waals surface area contributed by atoms with Gasteiger partial charge in [-0.25, -0.2) is 4.98 Å². The molecule has 0 aliphatic rings. The van der Waals surface area contributed by atoms with E-state index in [0.717, 1.165) is 30.5 Å². The first-order valence-electron chi connectivity index (χ1n) is 7.31. The van der Waals surface area contributed by atoms with Crippen molar-refractivity contribution in [3.05, 3.63) is 59.7 Å². The van der Waals surface area contributed by atoms with Gasteiger partial charge in [-0.2, -0.15) is 0 Å². The number of aromatic nitrogens is 2. The Morgan fingerprint density at radius 2 is 2.14 bits per heavy atom. The highest BCUT2D eigenvalue weighted by Crippen LogP contribution is 2.07. The molecule has 1 heterocycles. The Morgan fingerprint density at radius 1 is 1.33 bits per heavy atom. The molecule has 0 saturated carbocycles. The topological polar surface area (TPSA) is 57.8 Å². The lowest BCUT2D eigenvalue weighted by Gasteiger charge is -2.04. The van der Waals surface area contributed by atoms with Crippen LogP contribution in [0.2, 0.25) is 0 Å². The molecule has 1 aromatic heterocycles. The average Bonchev–Trinajstić information content (AvgIpc) is 3.01. The number of carbonyl (C=O) groups excluding carboxylic acids is 1. The maximum Gasteiger partial charge on any atom is 0.251 e. The third-order valence-corrected chi connectivity index (χ3v) is 3.17. The highest BCUT2D eigenvalue weighted by atomic mass is 16.1. The minimum absolute atomic E-state index is 0.0430. The van der Waals surface area contributed by atoms with Gasteiger partial charge in [-0.15, -0.1) is 0 Å². The summed E-state index contributed by atoms with van der Waals surface area (Å²) in [5, 5.41) is 2.90. The number of unbranched alkanes of at least 4 members (excludes halogenated alkanes) is 1. The lowest BCUT2D eigenvalue weighted by Crippen LogP contribution is -2.25. The molecule has 2 rings (SSSR count). The van der Waals surface area contributed by atoms with Crippen molar-refractivity contribution in [1.29, 1.82) is 0 Å². The van der Waals surface area contributed by atoms with Crippen LogP contribution in [0.3, 0.4) is 0 Å². The number of hydrogen-bond donors (Lipinski definition) is 2. The predicted molar refractivity (Wildman–Crippen MR) is 85.0 cm³/mol. The van der Waals surface area contributed by atoms with Crippen LogP contribution in [-0.4, -0.2) is 22.4 Å². The van der Waals surface area contributed by atoms with E-state index in [1.807, 2.05) is 24.3 Å². The van der Waals surface area contributed by atoms with Crippen LogP contribution in [-0.2, 0) is 6.42 Å². The van der Waals surface area contributed by atoms with Crippen LogP contribution >= 0.6 is 0 Å². The zero-order valence-corrected chi connectivity index (χ0v) is 12.3. The van der Waals surface area contributed by atoms with Crippen molar-refractivity contribution in [1.82, 2.24) is 15.3 Å². The lowest BCUT2D eigenvalue weighted by atomic mass is 10.1. The summed E-state index contributed by atoms with van der Waals surface area (Å²) < 4.78 is 0. The number of amides is 1. The Bertz CT molecular complexity index is 571. The molecule has 0 unspecified atom stereocenters. The quantitative estimate of drug-likeness (QED) is 0.820. The molecule has 2 aromatic rings. The van der Waals surface area contributed by atoms with E-state index in [9.17, 15) is 4.79 Å². The number of H-pyrrole nitrogens is 1. The third kappa shape index (κ3) is 4.91. The van der Waals surface area contributed by atoms with Gasteiger partial charge in [0.2, 0.25) is 0 Å². The monoisotopic (exact) mass is 283 g/mol. The van der Waals surface area contributed by atoms with Crippen molar-refractivity contribution < 1.29 is 4.79 Å². The number of allylic oxidation sites excluding steroid dienone is 1. The van der Waals surface area contributed by atoms with E-state index in [2.05, 4.69) is 34.4 Å². The molecule has 2 N–H and O–H groups in total. The van der Waals surface area contributed by atoms with Gasteiger partial charge in [-0.05, 0) is 24.1 Å². The van der Waals surface area contributed by atoms with Crippen molar-refractivity contribution in [3.8, 4) is 0 Å². The maximum absolute atomic E-state index is 12.0. The summed E-state index contributed by atoms with van der Waals surface area (Å²) in [5.74, 6) is -0.0430. The first-order valence-corrected chi connectivity index (χ1v) is 7.31. The van der Waals surface area contributed by atoms with Gasteiger partial charge in [0.15, 0.2) is 0 Å². The van der Waals surface area contributed by atoms with Gasteiger partial charge in [-0.3, -0.25) is 4.79 Å². The zero-order valence-electron chi connectivity index (χ0n) is 12.3. The summed E-state index contributed by atoms with van der Waals surface area (Å²) >= 11 is 0. The SMILES string of the molecule is CCCC=Cc1ccc(C(=O)NCCc2cnc[nH]2)cc1. The molecule has 0 aliphatic heterocycles. The van der Waals surface area contributed by atoms with Gasteiger partial charge in [-0.1, -0.05) is 37.6 Å².